The maximum absolute atomic E-state index is 13.6. The topological polar surface area (TPSA) is 12.0 Å². The normalized spacial score (nSPS) is 11.2. The van der Waals surface area contributed by atoms with Gasteiger partial charge < -0.3 is 5.32 Å². The van der Waals surface area contributed by atoms with Gasteiger partial charge in [0.1, 0.15) is 11.9 Å². The second-order valence-electron chi connectivity index (χ2n) is 5.13. The van der Waals surface area contributed by atoms with Crippen LogP contribution in [0.4, 0.5) is 10.1 Å². The molecule has 0 amide bonds. The molecule has 0 fully saturated rings. The zero-order chi connectivity index (χ0) is 15.9. The molecular weight excluding hydrogens is 285 g/mol. The van der Waals surface area contributed by atoms with Crippen molar-refractivity contribution in [2.45, 2.75) is 6.04 Å². The Hall–Kier alpha value is -3.05. The van der Waals surface area contributed by atoms with E-state index in [2.05, 4.69) is 17.2 Å². The van der Waals surface area contributed by atoms with Crippen molar-refractivity contribution < 1.29 is 4.39 Å². The van der Waals surface area contributed by atoms with E-state index >= 15 is 0 Å². The molecule has 112 valence electrons. The minimum atomic E-state index is -0.284. The lowest BCUT2D eigenvalue weighted by Gasteiger charge is -2.15. The first-order valence-electron chi connectivity index (χ1n) is 7.45. The number of benzene rings is 3. The van der Waals surface area contributed by atoms with Crippen molar-refractivity contribution in [1.29, 1.82) is 0 Å². The van der Waals surface area contributed by atoms with Crippen LogP contribution in [0.15, 0.2) is 84.9 Å². The minimum absolute atomic E-state index is 0.260. The first-order chi connectivity index (χ1) is 11.3. The molecule has 3 rings (SSSR count). The first-order valence-corrected chi connectivity index (χ1v) is 7.45. The Labute approximate surface area is 135 Å². The molecule has 23 heavy (non-hydrogen) atoms. The van der Waals surface area contributed by atoms with Crippen LogP contribution < -0.4 is 5.32 Å². The monoisotopic (exact) mass is 301 g/mol. The summed E-state index contributed by atoms with van der Waals surface area (Å²) in [6.07, 6.45) is 0. The highest BCUT2D eigenvalue weighted by Gasteiger charge is 2.09. The summed E-state index contributed by atoms with van der Waals surface area (Å²) in [6, 6.07) is 25.8. The van der Waals surface area contributed by atoms with Crippen LogP contribution in [-0.4, -0.2) is 0 Å². The third-order valence-corrected chi connectivity index (χ3v) is 3.40. The molecule has 0 radical (unpaired) electrons. The summed E-state index contributed by atoms with van der Waals surface area (Å²) in [5, 5.41) is 3.35. The first kappa shape index (κ1) is 14.9. The molecule has 1 atom stereocenters. The van der Waals surface area contributed by atoms with Crippen LogP contribution in [0.25, 0.3) is 0 Å². The summed E-state index contributed by atoms with van der Waals surface area (Å²) in [4.78, 5) is 0. The number of hydrogen-bond acceptors (Lipinski definition) is 1. The van der Waals surface area contributed by atoms with E-state index in [0.29, 0.717) is 0 Å². The maximum Gasteiger partial charge on any atom is 0.123 e. The van der Waals surface area contributed by atoms with E-state index in [-0.39, 0.29) is 11.9 Å². The predicted octanol–water partition coefficient (Wildman–Crippen LogP) is 5.03. The molecule has 3 aromatic carbocycles. The minimum Gasteiger partial charge on any atom is -0.368 e. The van der Waals surface area contributed by atoms with Crippen LogP contribution in [0.2, 0.25) is 0 Å². The number of anilines is 1. The average Bonchev–Trinajstić information content (AvgIpc) is 2.60. The second-order valence-corrected chi connectivity index (χ2v) is 5.13. The van der Waals surface area contributed by atoms with Gasteiger partial charge in [0.15, 0.2) is 0 Å². The van der Waals surface area contributed by atoms with Crippen molar-refractivity contribution in [3.05, 3.63) is 102 Å². The SMILES string of the molecule is Fc1cccc([C@H](C#Cc2ccccc2)Nc2ccccc2)c1. The van der Waals surface area contributed by atoms with E-state index < -0.39 is 0 Å². The Morgan fingerprint density at radius 3 is 2.17 bits per heavy atom. The zero-order valence-corrected chi connectivity index (χ0v) is 12.5. The summed E-state index contributed by atoms with van der Waals surface area (Å²) in [5.74, 6) is 6.09. The van der Waals surface area contributed by atoms with Crippen molar-refractivity contribution >= 4 is 5.69 Å². The van der Waals surface area contributed by atoms with Gasteiger partial charge in [0, 0.05) is 11.3 Å². The predicted molar refractivity (Wildman–Crippen MR) is 92.5 cm³/mol. The highest BCUT2D eigenvalue weighted by atomic mass is 19.1. The number of rotatable bonds is 3. The Balaban J connectivity index is 1.92. The summed E-state index contributed by atoms with van der Waals surface area (Å²) < 4.78 is 13.6. The van der Waals surface area contributed by atoms with Crippen molar-refractivity contribution in [2.75, 3.05) is 5.32 Å². The molecule has 0 saturated carbocycles. The summed E-state index contributed by atoms with van der Waals surface area (Å²) in [5.41, 5.74) is 2.69. The average molecular weight is 301 g/mol. The highest BCUT2D eigenvalue weighted by molar-refractivity contribution is 5.49. The third kappa shape index (κ3) is 4.21. The van der Waals surface area contributed by atoms with E-state index in [0.717, 1.165) is 16.8 Å². The molecule has 0 aliphatic rings. The summed E-state index contributed by atoms with van der Waals surface area (Å²) >= 11 is 0. The molecule has 2 heteroatoms. The Morgan fingerprint density at radius 2 is 1.48 bits per heavy atom. The number of para-hydroxylation sites is 1. The molecule has 1 N–H and O–H groups in total. The lowest BCUT2D eigenvalue weighted by atomic mass is 10.1. The fraction of sp³-hybridized carbons (Fsp3) is 0.0476. The molecule has 0 unspecified atom stereocenters. The zero-order valence-electron chi connectivity index (χ0n) is 12.5. The molecule has 0 aromatic heterocycles. The van der Waals surface area contributed by atoms with Gasteiger partial charge in [0.05, 0.1) is 0 Å². The molecular formula is C21H16FN. The summed E-state index contributed by atoms with van der Waals surface area (Å²) in [6.45, 7) is 0. The van der Waals surface area contributed by atoms with Crippen molar-refractivity contribution in [2.24, 2.45) is 0 Å². The molecule has 1 nitrogen and oxygen atoms in total. The second kappa shape index (κ2) is 7.29. The van der Waals surface area contributed by atoms with Gasteiger partial charge in [-0.2, -0.15) is 0 Å². The molecule has 0 spiro atoms. The molecule has 0 heterocycles. The quantitative estimate of drug-likeness (QED) is 0.669. The number of nitrogens with one attached hydrogen (secondary N) is 1. The Kier molecular flexibility index (Phi) is 4.71. The largest absolute Gasteiger partial charge is 0.368 e. The fourth-order valence-corrected chi connectivity index (χ4v) is 2.27. The van der Waals surface area contributed by atoms with E-state index in [9.17, 15) is 4.39 Å². The van der Waals surface area contributed by atoms with E-state index in [1.165, 1.54) is 12.1 Å². The highest BCUT2D eigenvalue weighted by Crippen LogP contribution is 2.20. The molecule has 0 aliphatic heterocycles. The number of hydrogen-bond donors (Lipinski definition) is 1. The van der Waals surface area contributed by atoms with Gasteiger partial charge in [-0.1, -0.05) is 60.4 Å². The van der Waals surface area contributed by atoms with Crippen LogP contribution in [0.3, 0.4) is 0 Å². The van der Waals surface area contributed by atoms with Crippen LogP contribution in [0.1, 0.15) is 17.2 Å². The van der Waals surface area contributed by atoms with Crippen LogP contribution in [0.5, 0.6) is 0 Å². The lowest BCUT2D eigenvalue weighted by molar-refractivity contribution is 0.625. The lowest BCUT2D eigenvalue weighted by Crippen LogP contribution is -2.09. The van der Waals surface area contributed by atoms with Gasteiger partial charge in [0.25, 0.3) is 0 Å². The molecule has 0 bridgehead atoms. The molecule has 0 saturated heterocycles. The van der Waals surface area contributed by atoms with E-state index in [1.54, 1.807) is 6.07 Å². The van der Waals surface area contributed by atoms with Gasteiger partial charge in [-0.05, 0) is 42.0 Å². The van der Waals surface area contributed by atoms with Crippen LogP contribution >= 0.6 is 0 Å². The molecule has 0 aliphatic carbocycles. The van der Waals surface area contributed by atoms with E-state index in [1.807, 2.05) is 66.7 Å². The summed E-state index contributed by atoms with van der Waals surface area (Å²) in [7, 11) is 0. The fourth-order valence-electron chi connectivity index (χ4n) is 2.27. The van der Waals surface area contributed by atoms with Crippen LogP contribution in [-0.2, 0) is 0 Å². The van der Waals surface area contributed by atoms with Gasteiger partial charge in [0.2, 0.25) is 0 Å². The van der Waals surface area contributed by atoms with Crippen molar-refractivity contribution in [3.63, 3.8) is 0 Å². The number of halogens is 1. The third-order valence-electron chi connectivity index (χ3n) is 3.40. The van der Waals surface area contributed by atoms with E-state index in [4.69, 9.17) is 0 Å². The Bertz CT molecular complexity index is 816. The van der Waals surface area contributed by atoms with Crippen LogP contribution in [0, 0.1) is 17.7 Å². The molecule has 3 aromatic rings. The van der Waals surface area contributed by atoms with Crippen molar-refractivity contribution in [3.8, 4) is 11.8 Å². The van der Waals surface area contributed by atoms with Gasteiger partial charge >= 0.3 is 0 Å². The van der Waals surface area contributed by atoms with Gasteiger partial charge in [-0.15, -0.1) is 0 Å². The Morgan fingerprint density at radius 1 is 0.783 bits per heavy atom. The standard InChI is InChI=1S/C21H16FN/c22-19-11-7-10-18(16-19)21(23-20-12-5-2-6-13-20)15-14-17-8-3-1-4-9-17/h1-13,16,21,23H/t21-/m0/s1. The smallest absolute Gasteiger partial charge is 0.123 e. The van der Waals surface area contributed by atoms with Crippen molar-refractivity contribution in [1.82, 2.24) is 0 Å². The van der Waals surface area contributed by atoms with Gasteiger partial charge in [-0.25, -0.2) is 4.39 Å². The van der Waals surface area contributed by atoms with Gasteiger partial charge in [-0.3, -0.25) is 0 Å². The maximum atomic E-state index is 13.6.